The average molecular weight is 571 g/mol. The normalized spacial score (nSPS) is 12.0. The number of nitrogens with one attached hydrogen (secondary N) is 4. The molecule has 0 bridgehead atoms. The molecule has 6 aromatic rings. The molecule has 0 saturated carbocycles. The summed E-state index contributed by atoms with van der Waals surface area (Å²) in [5, 5.41) is 12.6. The van der Waals surface area contributed by atoms with Gasteiger partial charge in [-0.3, -0.25) is 20.1 Å². The van der Waals surface area contributed by atoms with Crippen LogP contribution < -0.4 is 10.0 Å². The first kappa shape index (κ1) is 26.7. The Kier molecular flexibility index (Phi) is 7.03. The third-order valence-corrected chi connectivity index (χ3v) is 7.39. The van der Waals surface area contributed by atoms with E-state index >= 15 is 0 Å². The fourth-order valence-electron chi connectivity index (χ4n) is 4.80. The lowest BCUT2D eigenvalue weighted by Crippen LogP contribution is -2.21. The summed E-state index contributed by atoms with van der Waals surface area (Å²) in [5.74, 6) is -0.470. The van der Waals surface area contributed by atoms with E-state index in [1.807, 2.05) is 18.3 Å². The Balaban J connectivity index is 1.39. The van der Waals surface area contributed by atoms with Crippen LogP contribution in [-0.4, -0.2) is 51.4 Å². The number of aromatic amines is 2. The van der Waals surface area contributed by atoms with Crippen LogP contribution in [0.1, 0.15) is 18.1 Å². The van der Waals surface area contributed by atoms with Crippen LogP contribution in [-0.2, 0) is 23.1 Å². The SMILES string of the molecule is CCNCc1cncc(-c2cc3c(-c4cc5c(-c6cc(F)cc(CNS(C)(=O)=O)c6)cncc5[nH]4)n[nH]c3cn2)c1. The number of benzene rings is 1. The fraction of sp³-hybridized carbons (Fsp3) is 0.172. The molecule has 0 aliphatic carbocycles. The number of nitrogens with zero attached hydrogens (tertiary/aromatic N) is 4. The molecular weight excluding hydrogens is 543 g/mol. The van der Waals surface area contributed by atoms with Crippen LogP contribution in [0.25, 0.3) is 55.6 Å². The summed E-state index contributed by atoms with van der Waals surface area (Å²) in [7, 11) is -3.42. The molecule has 12 heteroatoms. The molecule has 0 aliphatic rings. The van der Waals surface area contributed by atoms with Gasteiger partial charge in [-0.2, -0.15) is 5.10 Å². The van der Waals surface area contributed by atoms with Gasteiger partial charge in [0.25, 0.3) is 0 Å². The van der Waals surface area contributed by atoms with E-state index in [0.29, 0.717) is 22.4 Å². The third kappa shape index (κ3) is 5.71. The molecule has 0 aliphatic heterocycles. The number of fused-ring (bicyclic) bond motifs is 2. The van der Waals surface area contributed by atoms with Crippen LogP contribution >= 0.6 is 0 Å². The van der Waals surface area contributed by atoms with E-state index in [9.17, 15) is 12.8 Å². The van der Waals surface area contributed by atoms with E-state index < -0.39 is 15.8 Å². The van der Waals surface area contributed by atoms with Crippen LogP contribution in [0.2, 0.25) is 0 Å². The lowest BCUT2D eigenvalue weighted by molar-refractivity contribution is 0.586. The topological polar surface area (TPSA) is 141 Å². The van der Waals surface area contributed by atoms with E-state index in [4.69, 9.17) is 0 Å². The Bertz CT molecular complexity index is 2000. The molecule has 41 heavy (non-hydrogen) atoms. The fourth-order valence-corrected chi connectivity index (χ4v) is 5.23. The summed E-state index contributed by atoms with van der Waals surface area (Å²) >= 11 is 0. The molecule has 1 aromatic carbocycles. The first-order valence-electron chi connectivity index (χ1n) is 13.0. The quantitative estimate of drug-likeness (QED) is 0.200. The monoisotopic (exact) mass is 570 g/mol. The van der Waals surface area contributed by atoms with E-state index in [1.54, 1.807) is 30.9 Å². The van der Waals surface area contributed by atoms with E-state index in [2.05, 4.69) is 53.2 Å². The van der Waals surface area contributed by atoms with E-state index in [0.717, 1.165) is 63.7 Å². The highest BCUT2D eigenvalue weighted by molar-refractivity contribution is 7.88. The maximum Gasteiger partial charge on any atom is 0.209 e. The molecular formula is C29H27FN8O2S. The van der Waals surface area contributed by atoms with Gasteiger partial charge in [0.1, 0.15) is 11.5 Å². The third-order valence-electron chi connectivity index (χ3n) is 6.72. The van der Waals surface area contributed by atoms with Gasteiger partial charge in [0.05, 0.1) is 41.1 Å². The van der Waals surface area contributed by atoms with Gasteiger partial charge in [0.2, 0.25) is 10.0 Å². The van der Waals surface area contributed by atoms with Crippen molar-refractivity contribution in [2.45, 2.75) is 20.0 Å². The number of aromatic nitrogens is 6. The number of rotatable bonds is 9. The van der Waals surface area contributed by atoms with Gasteiger partial charge in [0.15, 0.2) is 0 Å². The Labute approximate surface area is 235 Å². The average Bonchev–Trinajstić information content (AvgIpc) is 3.58. The summed E-state index contributed by atoms with van der Waals surface area (Å²) in [6.45, 7) is 3.64. The summed E-state index contributed by atoms with van der Waals surface area (Å²) in [6, 6.07) is 10.5. The zero-order valence-electron chi connectivity index (χ0n) is 22.4. The second-order valence-corrected chi connectivity index (χ2v) is 11.7. The highest BCUT2D eigenvalue weighted by Gasteiger charge is 2.16. The van der Waals surface area contributed by atoms with Crippen LogP contribution in [0.15, 0.2) is 67.4 Å². The molecule has 5 heterocycles. The molecule has 208 valence electrons. The maximum atomic E-state index is 14.6. The Morgan fingerprint density at radius 2 is 1.68 bits per heavy atom. The van der Waals surface area contributed by atoms with Gasteiger partial charge in [-0.25, -0.2) is 17.5 Å². The minimum absolute atomic E-state index is 0.0193. The van der Waals surface area contributed by atoms with Crippen LogP contribution in [0.4, 0.5) is 4.39 Å². The zero-order chi connectivity index (χ0) is 28.6. The van der Waals surface area contributed by atoms with Crippen LogP contribution in [0.3, 0.4) is 0 Å². The molecule has 0 saturated heterocycles. The van der Waals surface area contributed by atoms with Crippen molar-refractivity contribution >= 4 is 31.8 Å². The van der Waals surface area contributed by atoms with Crippen molar-refractivity contribution in [2.24, 2.45) is 0 Å². The molecule has 5 aromatic heterocycles. The molecule has 0 atom stereocenters. The molecule has 6 rings (SSSR count). The number of H-pyrrole nitrogens is 2. The minimum Gasteiger partial charge on any atom is -0.352 e. The highest BCUT2D eigenvalue weighted by Crippen LogP contribution is 2.35. The van der Waals surface area contributed by atoms with Crippen LogP contribution in [0, 0.1) is 5.82 Å². The maximum absolute atomic E-state index is 14.6. The molecule has 0 amide bonds. The molecule has 0 fully saturated rings. The van der Waals surface area contributed by atoms with Gasteiger partial charge in [0, 0.05) is 53.6 Å². The second kappa shape index (κ2) is 10.8. The number of hydrogen-bond acceptors (Lipinski definition) is 7. The van der Waals surface area contributed by atoms with Crippen molar-refractivity contribution in [3.63, 3.8) is 0 Å². The van der Waals surface area contributed by atoms with Gasteiger partial charge < -0.3 is 10.3 Å². The summed E-state index contributed by atoms with van der Waals surface area (Å²) in [4.78, 5) is 16.8. The zero-order valence-corrected chi connectivity index (χ0v) is 23.2. The number of sulfonamides is 1. The van der Waals surface area contributed by atoms with Gasteiger partial charge in [-0.05, 0) is 59.6 Å². The van der Waals surface area contributed by atoms with Gasteiger partial charge in [-0.1, -0.05) is 6.92 Å². The Morgan fingerprint density at radius 3 is 2.51 bits per heavy atom. The van der Waals surface area contributed by atoms with Crippen molar-refractivity contribution in [2.75, 3.05) is 12.8 Å². The smallest absolute Gasteiger partial charge is 0.209 e. The van der Waals surface area contributed by atoms with E-state index in [1.165, 1.54) is 12.1 Å². The predicted octanol–water partition coefficient (Wildman–Crippen LogP) is 4.53. The second-order valence-electron chi connectivity index (χ2n) is 9.82. The number of halogens is 1. The Morgan fingerprint density at radius 1 is 0.854 bits per heavy atom. The van der Waals surface area contributed by atoms with E-state index in [-0.39, 0.29) is 6.54 Å². The van der Waals surface area contributed by atoms with Crippen molar-refractivity contribution < 1.29 is 12.8 Å². The largest absolute Gasteiger partial charge is 0.352 e. The summed E-state index contributed by atoms with van der Waals surface area (Å²) in [5.41, 5.74) is 7.55. The summed E-state index contributed by atoms with van der Waals surface area (Å²) in [6.07, 6.45) is 9.83. The van der Waals surface area contributed by atoms with Crippen molar-refractivity contribution in [3.8, 4) is 33.8 Å². The summed E-state index contributed by atoms with van der Waals surface area (Å²) < 4.78 is 40.1. The van der Waals surface area contributed by atoms with Crippen molar-refractivity contribution in [1.82, 2.24) is 40.2 Å². The van der Waals surface area contributed by atoms with Crippen molar-refractivity contribution in [1.29, 1.82) is 0 Å². The molecule has 4 N–H and O–H groups in total. The highest BCUT2D eigenvalue weighted by atomic mass is 32.2. The van der Waals surface area contributed by atoms with Crippen molar-refractivity contribution in [3.05, 3.63) is 84.3 Å². The molecule has 10 nitrogen and oxygen atoms in total. The molecule has 0 spiro atoms. The standard InChI is InChI=1S/C29H27FN8O2S/c1-3-31-10-18-5-20(13-32-11-18)25-9-23-28(16-34-25)37-38-29(23)26-8-22-24(14-33-15-27(22)36-26)19-4-17(6-21(30)7-19)12-35-41(2,39)40/h4-9,11,13-16,31,35-36H,3,10,12H2,1-2H3,(H,37,38). The van der Waals surface area contributed by atoms with Gasteiger partial charge >= 0.3 is 0 Å². The van der Waals surface area contributed by atoms with Crippen LogP contribution in [0.5, 0.6) is 0 Å². The minimum atomic E-state index is -3.42. The lowest BCUT2D eigenvalue weighted by atomic mass is 10.0. The Hall–Kier alpha value is -4.52. The number of hydrogen-bond donors (Lipinski definition) is 4. The molecule has 0 radical (unpaired) electrons. The first-order chi connectivity index (χ1) is 19.8. The molecule has 0 unspecified atom stereocenters. The predicted molar refractivity (Wildman–Crippen MR) is 157 cm³/mol. The first-order valence-corrected chi connectivity index (χ1v) is 14.9. The lowest BCUT2D eigenvalue weighted by Gasteiger charge is -2.08. The number of pyridine rings is 3. The van der Waals surface area contributed by atoms with Gasteiger partial charge in [-0.15, -0.1) is 0 Å².